The SMILES string of the molecule is CN(C)C(=S)SNc1ccccc1C#N. The second kappa shape index (κ2) is 5.59. The molecule has 0 aliphatic rings. The van der Waals surface area contributed by atoms with Gasteiger partial charge < -0.3 is 9.62 Å². The molecule has 15 heavy (non-hydrogen) atoms. The monoisotopic (exact) mass is 237 g/mol. The Labute approximate surface area is 99.2 Å². The Morgan fingerprint density at radius 3 is 2.73 bits per heavy atom. The number of anilines is 1. The Balaban J connectivity index is 2.66. The molecular weight excluding hydrogens is 226 g/mol. The number of benzene rings is 1. The van der Waals surface area contributed by atoms with Gasteiger partial charge in [0.2, 0.25) is 0 Å². The summed E-state index contributed by atoms with van der Waals surface area (Å²) in [7, 11) is 3.76. The Hall–Kier alpha value is -1.25. The van der Waals surface area contributed by atoms with Crippen LogP contribution in [0.2, 0.25) is 0 Å². The summed E-state index contributed by atoms with van der Waals surface area (Å²) >= 11 is 6.42. The molecule has 0 spiro atoms. The van der Waals surface area contributed by atoms with E-state index in [1.807, 2.05) is 37.2 Å². The summed E-state index contributed by atoms with van der Waals surface area (Å²) in [4.78, 5) is 1.84. The molecule has 5 heteroatoms. The zero-order valence-electron chi connectivity index (χ0n) is 8.52. The summed E-state index contributed by atoms with van der Waals surface area (Å²) in [5.74, 6) is 0. The summed E-state index contributed by atoms with van der Waals surface area (Å²) in [5.41, 5.74) is 1.40. The highest BCUT2D eigenvalue weighted by Crippen LogP contribution is 2.18. The quantitative estimate of drug-likeness (QED) is 0.632. The van der Waals surface area contributed by atoms with Crippen molar-refractivity contribution in [3.63, 3.8) is 0 Å². The maximum absolute atomic E-state index is 8.85. The van der Waals surface area contributed by atoms with E-state index in [0.29, 0.717) is 5.56 Å². The van der Waals surface area contributed by atoms with Crippen LogP contribution in [0.15, 0.2) is 24.3 Å². The Bertz CT molecular complexity index is 396. The average molecular weight is 237 g/mol. The number of nitrogens with zero attached hydrogens (tertiary/aromatic N) is 2. The minimum Gasteiger partial charge on any atom is -0.362 e. The van der Waals surface area contributed by atoms with E-state index < -0.39 is 0 Å². The molecule has 0 unspecified atom stereocenters. The summed E-state index contributed by atoms with van der Waals surface area (Å²) in [6.07, 6.45) is 0. The van der Waals surface area contributed by atoms with Crippen molar-refractivity contribution >= 4 is 34.2 Å². The van der Waals surface area contributed by atoms with Crippen LogP contribution in [0.4, 0.5) is 5.69 Å². The first-order chi connectivity index (χ1) is 7.15. The summed E-state index contributed by atoms with van der Waals surface area (Å²) in [5, 5.41) is 8.85. The second-order valence-electron chi connectivity index (χ2n) is 3.02. The fraction of sp³-hybridized carbons (Fsp3) is 0.200. The molecule has 0 atom stereocenters. The zero-order chi connectivity index (χ0) is 11.3. The molecule has 0 aliphatic carbocycles. The molecule has 0 saturated heterocycles. The molecule has 1 aromatic carbocycles. The van der Waals surface area contributed by atoms with E-state index in [1.54, 1.807) is 6.07 Å². The minimum atomic E-state index is 0.617. The number of nitrogens with one attached hydrogen (secondary N) is 1. The van der Waals surface area contributed by atoms with E-state index >= 15 is 0 Å². The van der Waals surface area contributed by atoms with Crippen LogP contribution < -0.4 is 4.72 Å². The van der Waals surface area contributed by atoms with Crippen LogP contribution in [-0.2, 0) is 0 Å². The van der Waals surface area contributed by atoms with Crippen LogP contribution in [0.1, 0.15) is 5.56 Å². The molecule has 3 nitrogen and oxygen atoms in total. The van der Waals surface area contributed by atoms with E-state index in [4.69, 9.17) is 17.5 Å². The van der Waals surface area contributed by atoms with Crippen molar-refractivity contribution in [2.45, 2.75) is 0 Å². The number of rotatable bonds is 2. The van der Waals surface area contributed by atoms with Gasteiger partial charge in [-0.15, -0.1) is 0 Å². The van der Waals surface area contributed by atoms with Crippen LogP contribution in [0.3, 0.4) is 0 Å². The van der Waals surface area contributed by atoms with Crippen molar-refractivity contribution in [2.24, 2.45) is 0 Å². The maximum atomic E-state index is 8.85. The molecule has 0 fully saturated rings. The third kappa shape index (κ3) is 3.42. The van der Waals surface area contributed by atoms with E-state index in [9.17, 15) is 0 Å². The van der Waals surface area contributed by atoms with E-state index in [2.05, 4.69) is 10.8 Å². The van der Waals surface area contributed by atoms with Crippen molar-refractivity contribution in [3.05, 3.63) is 29.8 Å². The van der Waals surface area contributed by atoms with Gasteiger partial charge in [-0.05, 0) is 12.1 Å². The molecule has 1 N–H and O–H groups in total. The van der Waals surface area contributed by atoms with Gasteiger partial charge in [0.25, 0.3) is 0 Å². The van der Waals surface area contributed by atoms with Crippen LogP contribution in [0, 0.1) is 11.3 Å². The molecule has 1 aromatic rings. The third-order valence-corrected chi connectivity index (χ3v) is 3.14. The molecular formula is C10H11N3S2. The normalized spacial score (nSPS) is 9.13. The minimum absolute atomic E-state index is 0.617. The number of thiocarbonyl (C=S) groups is 1. The average Bonchev–Trinajstić information content (AvgIpc) is 2.26. The number of hydrogen-bond acceptors (Lipinski definition) is 4. The maximum Gasteiger partial charge on any atom is 0.156 e. The van der Waals surface area contributed by atoms with Gasteiger partial charge in [-0.2, -0.15) is 5.26 Å². The van der Waals surface area contributed by atoms with Gasteiger partial charge >= 0.3 is 0 Å². The Morgan fingerprint density at radius 2 is 2.13 bits per heavy atom. The largest absolute Gasteiger partial charge is 0.362 e. The Morgan fingerprint density at radius 1 is 1.47 bits per heavy atom. The smallest absolute Gasteiger partial charge is 0.156 e. The molecule has 0 bridgehead atoms. The van der Waals surface area contributed by atoms with E-state index in [1.165, 1.54) is 11.9 Å². The van der Waals surface area contributed by atoms with Gasteiger partial charge in [-0.3, -0.25) is 0 Å². The van der Waals surface area contributed by atoms with Gasteiger partial charge in [-0.1, -0.05) is 24.4 Å². The summed E-state index contributed by atoms with van der Waals surface area (Å²) in [6, 6.07) is 9.44. The topological polar surface area (TPSA) is 39.1 Å². The highest BCUT2D eigenvalue weighted by atomic mass is 32.2. The lowest BCUT2D eigenvalue weighted by Gasteiger charge is -2.13. The molecule has 0 heterocycles. The van der Waals surface area contributed by atoms with E-state index in [0.717, 1.165) is 10.0 Å². The molecule has 0 radical (unpaired) electrons. The van der Waals surface area contributed by atoms with Crippen molar-refractivity contribution < 1.29 is 0 Å². The highest BCUT2D eigenvalue weighted by molar-refractivity contribution is 8.23. The van der Waals surface area contributed by atoms with Gasteiger partial charge in [0, 0.05) is 26.0 Å². The van der Waals surface area contributed by atoms with Crippen molar-refractivity contribution in [2.75, 3.05) is 18.8 Å². The predicted octanol–water partition coefficient (Wildman–Crippen LogP) is 2.46. The molecule has 0 aliphatic heterocycles. The lowest BCUT2D eigenvalue weighted by molar-refractivity contribution is 0.648. The van der Waals surface area contributed by atoms with Crippen LogP contribution in [-0.4, -0.2) is 23.3 Å². The first-order valence-corrected chi connectivity index (χ1v) is 5.51. The zero-order valence-corrected chi connectivity index (χ0v) is 10.2. The second-order valence-corrected chi connectivity index (χ2v) is 4.46. The van der Waals surface area contributed by atoms with Crippen LogP contribution in [0.25, 0.3) is 0 Å². The van der Waals surface area contributed by atoms with Crippen molar-refractivity contribution in [1.82, 2.24) is 4.90 Å². The number of nitriles is 1. The third-order valence-electron chi connectivity index (χ3n) is 1.66. The molecule has 0 saturated carbocycles. The van der Waals surface area contributed by atoms with Crippen LogP contribution >= 0.6 is 24.2 Å². The van der Waals surface area contributed by atoms with Crippen molar-refractivity contribution in [1.29, 1.82) is 5.26 Å². The Kier molecular flexibility index (Phi) is 4.40. The molecule has 1 rings (SSSR count). The molecule has 78 valence electrons. The molecule has 0 amide bonds. The lowest BCUT2D eigenvalue weighted by atomic mass is 10.2. The van der Waals surface area contributed by atoms with Crippen molar-refractivity contribution in [3.8, 4) is 6.07 Å². The van der Waals surface area contributed by atoms with Crippen LogP contribution in [0.5, 0.6) is 0 Å². The summed E-state index contributed by atoms with van der Waals surface area (Å²) in [6.45, 7) is 0. The molecule has 0 aromatic heterocycles. The number of hydrogen-bond donors (Lipinski definition) is 1. The van der Waals surface area contributed by atoms with E-state index in [-0.39, 0.29) is 0 Å². The van der Waals surface area contributed by atoms with Gasteiger partial charge in [-0.25, -0.2) is 0 Å². The first-order valence-electron chi connectivity index (χ1n) is 4.28. The standard InChI is InChI=1S/C10H11N3S2/c1-13(2)10(14)15-12-9-6-4-3-5-8(9)7-11/h3-6,12H,1-2H3. The van der Waals surface area contributed by atoms with Gasteiger partial charge in [0.1, 0.15) is 6.07 Å². The fourth-order valence-corrected chi connectivity index (χ4v) is 1.54. The predicted molar refractivity (Wildman–Crippen MR) is 68.7 cm³/mol. The number of para-hydroxylation sites is 1. The lowest BCUT2D eigenvalue weighted by Crippen LogP contribution is -2.17. The highest BCUT2D eigenvalue weighted by Gasteiger charge is 2.03. The summed E-state index contributed by atoms with van der Waals surface area (Å²) < 4.78 is 3.78. The van der Waals surface area contributed by atoms with Gasteiger partial charge in [0.15, 0.2) is 4.32 Å². The van der Waals surface area contributed by atoms with Gasteiger partial charge in [0.05, 0.1) is 11.3 Å². The fourth-order valence-electron chi connectivity index (χ4n) is 0.860. The first kappa shape index (κ1) is 11.8.